The quantitative estimate of drug-likeness (QED) is 0.646. The second kappa shape index (κ2) is 8.05. The molecular weight excluding hydrogens is 332 g/mol. The molecule has 27 heavy (non-hydrogen) atoms. The fraction of sp³-hybridized carbons (Fsp3) is 0.391. The van der Waals surface area contributed by atoms with Gasteiger partial charge < -0.3 is 0 Å². The van der Waals surface area contributed by atoms with Crippen LogP contribution in [0, 0.1) is 5.92 Å². The van der Waals surface area contributed by atoms with Crippen molar-refractivity contribution in [1.29, 1.82) is 0 Å². The summed E-state index contributed by atoms with van der Waals surface area (Å²) in [5.74, 6) is 0.610. The van der Waals surface area contributed by atoms with Crippen LogP contribution in [0.15, 0.2) is 60.7 Å². The Balaban J connectivity index is 1.75. The molecule has 0 N–H and O–H groups in total. The van der Waals surface area contributed by atoms with Crippen LogP contribution in [-0.4, -0.2) is 26.4 Å². The monoisotopic (exact) mass is 360 g/mol. The first kappa shape index (κ1) is 17.9. The molecule has 4 rings (SSSR count). The third-order valence-corrected chi connectivity index (χ3v) is 5.32. The average molecular weight is 361 g/mol. The minimum Gasteiger partial charge on any atom is -0.290 e. The molecule has 0 fully saturated rings. The van der Waals surface area contributed by atoms with E-state index in [4.69, 9.17) is 0 Å². The SMILES string of the molecule is CC(C)CC1c2c(-c3ccccc3)nnn2CCCN1Cc1ccccc1. The van der Waals surface area contributed by atoms with Gasteiger partial charge in [-0.3, -0.25) is 4.90 Å². The zero-order valence-electron chi connectivity index (χ0n) is 16.3. The summed E-state index contributed by atoms with van der Waals surface area (Å²) >= 11 is 0. The topological polar surface area (TPSA) is 34.0 Å². The van der Waals surface area contributed by atoms with E-state index in [0.29, 0.717) is 12.0 Å². The number of fused-ring (bicyclic) bond motifs is 1. The lowest BCUT2D eigenvalue weighted by molar-refractivity contribution is 0.169. The molecule has 0 radical (unpaired) electrons. The predicted molar refractivity (Wildman–Crippen MR) is 109 cm³/mol. The van der Waals surface area contributed by atoms with Crippen LogP contribution >= 0.6 is 0 Å². The number of benzene rings is 2. The van der Waals surface area contributed by atoms with Gasteiger partial charge in [-0.15, -0.1) is 5.10 Å². The van der Waals surface area contributed by atoms with Crippen LogP contribution in [0.2, 0.25) is 0 Å². The number of nitrogens with zero attached hydrogens (tertiary/aromatic N) is 4. The van der Waals surface area contributed by atoms with Gasteiger partial charge in [0.1, 0.15) is 5.69 Å². The Kier molecular flexibility index (Phi) is 5.35. The minimum absolute atomic E-state index is 0.331. The van der Waals surface area contributed by atoms with E-state index >= 15 is 0 Å². The molecule has 0 saturated heterocycles. The van der Waals surface area contributed by atoms with Crippen LogP contribution in [0.5, 0.6) is 0 Å². The van der Waals surface area contributed by atoms with Crippen molar-refractivity contribution in [2.45, 2.75) is 45.8 Å². The lowest BCUT2D eigenvalue weighted by atomic mass is 9.96. The van der Waals surface area contributed by atoms with Gasteiger partial charge in [-0.25, -0.2) is 4.68 Å². The van der Waals surface area contributed by atoms with Crippen molar-refractivity contribution < 1.29 is 0 Å². The van der Waals surface area contributed by atoms with E-state index in [-0.39, 0.29) is 0 Å². The number of hydrogen-bond acceptors (Lipinski definition) is 3. The van der Waals surface area contributed by atoms with E-state index in [2.05, 4.69) is 94.4 Å². The van der Waals surface area contributed by atoms with Crippen LogP contribution in [0.25, 0.3) is 11.3 Å². The van der Waals surface area contributed by atoms with E-state index in [1.54, 1.807) is 0 Å². The molecule has 2 aromatic carbocycles. The molecule has 0 saturated carbocycles. The smallest absolute Gasteiger partial charge is 0.117 e. The second-order valence-corrected chi connectivity index (χ2v) is 7.87. The van der Waals surface area contributed by atoms with Gasteiger partial charge in [0.25, 0.3) is 0 Å². The number of hydrogen-bond donors (Lipinski definition) is 0. The summed E-state index contributed by atoms with van der Waals surface area (Å²) in [7, 11) is 0. The van der Waals surface area contributed by atoms with Crippen LogP contribution in [0.4, 0.5) is 0 Å². The number of aryl methyl sites for hydroxylation is 1. The van der Waals surface area contributed by atoms with E-state index in [1.807, 2.05) is 0 Å². The summed E-state index contributed by atoms with van der Waals surface area (Å²) in [4.78, 5) is 2.63. The molecule has 4 heteroatoms. The molecule has 1 aromatic heterocycles. The fourth-order valence-electron chi connectivity index (χ4n) is 4.08. The van der Waals surface area contributed by atoms with E-state index in [0.717, 1.165) is 43.7 Å². The highest BCUT2D eigenvalue weighted by atomic mass is 15.4. The van der Waals surface area contributed by atoms with Gasteiger partial charge in [0.15, 0.2) is 0 Å². The van der Waals surface area contributed by atoms with E-state index in [9.17, 15) is 0 Å². The van der Waals surface area contributed by atoms with Gasteiger partial charge in [-0.2, -0.15) is 0 Å². The molecule has 1 atom stereocenters. The molecule has 0 spiro atoms. The maximum absolute atomic E-state index is 4.60. The lowest BCUT2D eigenvalue weighted by Gasteiger charge is -2.31. The first-order valence-corrected chi connectivity index (χ1v) is 9.99. The Morgan fingerprint density at radius 2 is 1.67 bits per heavy atom. The third-order valence-electron chi connectivity index (χ3n) is 5.32. The van der Waals surface area contributed by atoms with Gasteiger partial charge >= 0.3 is 0 Å². The summed E-state index contributed by atoms with van der Waals surface area (Å²) in [6.45, 7) is 7.61. The largest absolute Gasteiger partial charge is 0.290 e. The van der Waals surface area contributed by atoms with Crippen LogP contribution in [-0.2, 0) is 13.1 Å². The van der Waals surface area contributed by atoms with Crippen molar-refractivity contribution in [3.05, 3.63) is 71.9 Å². The van der Waals surface area contributed by atoms with Crippen molar-refractivity contribution >= 4 is 0 Å². The zero-order chi connectivity index (χ0) is 18.6. The van der Waals surface area contributed by atoms with Gasteiger partial charge in [-0.05, 0) is 24.3 Å². The molecule has 1 aliphatic rings. The number of rotatable bonds is 5. The summed E-state index contributed by atoms with van der Waals surface area (Å²) < 4.78 is 2.15. The molecule has 3 aromatic rings. The summed E-state index contributed by atoms with van der Waals surface area (Å²) in [5.41, 5.74) is 4.85. The molecular formula is C23H28N4. The maximum atomic E-state index is 4.60. The molecule has 2 heterocycles. The van der Waals surface area contributed by atoms with Crippen LogP contribution in [0.1, 0.15) is 44.0 Å². The summed E-state index contributed by atoms with van der Waals surface area (Å²) in [6.07, 6.45) is 2.21. The van der Waals surface area contributed by atoms with Crippen molar-refractivity contribution in [3.63, 3.8) is 0 Å². The molecule has 0 bridgehead atoms. The van der Waals surface area contributed by atoms with Crippen molar-refractivity contribution in [1.82, 2.24) is 19.9 Å². The van der Waals surface area contributed by atoms with E-state index in [1.165, 1.54) is 11.3 Å². The van der Waals surface area contributed by atoms with Gasteiger partial charge in [0.2, 0.25) is 0 Å². The molecule has 140 valence electrons. The van der Waals surface area contributed by atoms with Gasteiger partial charge in [0, 0.05) is 25.2 Å². The fourth-order valence-corrected chi connectivity index (χ4v) is 4.08. The predicted octanol–water partition coefficient (Wildman–Crippen LogP) is 4.94. The number of aromatic nitrogens is 3. The Bertz CT molecular complexity index is 855. The Labute approximate surface area is 161 Å². The summed E-state index contributed by atoms with van der Waals surface area (Å²) in [6, 6.07) is 21.6. The van der Waals surface area contributed by atoms with Crippen molar-refractivity contribution in [2.75, 3.05) is 6.54 Å². The van der Waals surface area contributed by atoms with Crippen molar-refractivity contribution in [3.8, 4) is 11.3 Å². The molecule has 1 aliphatic heterocycles. The molecule has 4 nitrogen and oxygen atoms in total. The van der Waals surface area contributed by atoms with Gasteiger partial charge in [0.05, 0.1) is 11.7 Å². The highest BCUT2D eigenvalue weighted by Gasteiger charge is 2.31. The van der Waals surface area contributed by atoms with Gasteiger partial charge in [-0.1, -0.05) is 79.7 Å². The average Bonchev–Trinajstić information content (AvgIpc) is 3.03. The van der Waals surface area contributed by atoms with E-state index < -0.39 is 0 Å². The zero-order valence-corrected chi connectivity index (χ0v) is 16.3. The maximum Gasteiger partial charge on any atom is 0.117 e. The van der Waals surface area contributed by atoms with Crippen LogP contribution in [0.3, 0.4) is 0 Å². The Morgan fingerprint density at radius 3 is 2.37 bits per heavy atom. The highest BCUT2D eigenvalue weighted by molar-refractivity contribution is 5.61. The highest BCUT2D eigenvalue weighted by Crippen LogP contribution is 2.36. The second-order valence-electron chi connectivity index (χ2n) is 7.87. The van der Waals surface area contributed by atoms with Crippen LogP contribution < -0.4 is 0 Å². The molecule has 0 amide bonds. The summed E-state index contributed by atoms with van der Waals surface area (Å²) in [5, 5.41) is 9.13. The Hall–Kier alpha value is -2.46. The Morgan fingerprint density at radius 1 is 0.963 bits per heavy atom. The van der Waals surface area contributed by atoms with Crippen molar-refractivity contribution in [2.24, 2.45) is 5.92 Å². The first-order chi connectivity index (χ1) is 13.2. The normalized spacial score (nSPS) is 17.7. The molecule has 1 unspecified atom stereocenters. The first-order valence-electron chi connectivity index (χ1n) is 9.99. The molecule has 0 aliphatic carbocycles. The lowest BCUT2D eigenvalue weighted by Crippen LogP contribution is -2.30. The third kappa shape index (κ3) is 3.96. The minimum atomic E-state index is 0.331. The standard InChI is InChI=1S/C23H28N4/c1-18(2)16-21-23-22(20-12-7-4-8-13-20)24-25-27(23)15-9-14-26(21)17-19-10-5-3-6-11-19/h3-8,10-13,18,21H,9,14-17H2,1-2H3.